The number of ether oxygens (including phenoxy) is 2. The molecule has 0 fully saturated rings. The first-order chi connectivity index (χ1) is 14.3. The first-order valence-electron chi connectivity index (χ1n) is 9.07. The lowest BCUT2D eigenvalue weighted by Crippen LogP contribution is -2.35. The maximum atomic E-state index is 13.2. The third-order valence-corrected chi connectivity index (χ3v) is 4.35. The number of aliphatic carboxylic acids is 1. The molecule has 2 aromatic rings. The molecule has 2 amide bonds. The Morgan fingerprint density at radius 3 is 2.23 bits per heavy atom. The van der Waals surface area contributed by atoms with Gasteiger partial charge in [0.05, 0.1) is 39.1 Å². The van der Waals surface area contributed by atoms with E-state index in [9.17, 15) is 18.8 Å². The van der Waals surface area contributed by atoms with Gasteiger partial charge in [-0.05, 0) is 35.4 Å². The summed E-state index contributed by atoms with van der Waals surface area (Å²) < 4.78 is 23.0. The van der Waals surface area contributed by atoms with Gasteiger partial charge in [0.25, 0.3) is 0 Å². The van der Waals surface area contributed by atoms with Crippen LogP contribution in [0.15, 0.2) is 48.5 Å². The molecule has 2 aromatic carbocycles. The fraction of sp³-hybridized carbons (Fsp3) is 0.286. The van der Waals surface area contributed by atoms with E-state index in [0.717, 1.165) is 0 Å². The van der Waals surface area contributed by atoms with Gasteiger partial charge in [-0.25, -0.2) is 9.18 Å². The van der Waals surface area contributed by atoms with Gasteiger partial charge in [-0.2, -0.15) is 0 Å². The molecule has 9 heteroatoms. The van der Waals surface area contributed by atoms with Crippen molar-refractivity contribution in [3.63, 3.8) is 0 Å². The molecule has 0 saturated heterocycles. The van der Waals surface area contributed by atoms with E-state index in [2.05, 4.69) is 15.4 Å². The van der Waals surface area contributed by atoms with Crippen LogP contribution in [0, 0.1) is 5.82 Å². The minimum absolute atomic E-state index is 0.181. The normalized spacial score (nSPS) is 12.4. The van der Waals surface area contributed by atoms with E-state index in [4.69, 9.17) is 9.84 Å². The molecule has 0 saturated carbocycles. The summed E-state index contributed by atoms with van der Waals surface area (Å²) >= 11 is 0. The van der Waals surface area contributed by atoms with Crippen molar-refractivity contribution in [2.45, 2.75) is 24.9 Å². The van der Waals surface area contributed by atoms with Gasteiger partial charge in [0.1, 0.15) is 11.6 Å². The molecule has 0 radical (unpaired) electrons. The molecule has 0 aliphatic rings. The van der Waals surface area contributed by atoms with Gasteiger partial charge in [0, 0.05) is 0 Å². The Hall–Kier alpha value is -3.62. The van der Waals surface area contributed by atoms with E-state index in [-0.39, 0.29) is 12.8 Å². The second kappa shape index (κ2) is 10.8. The van der Waals surface area contributed by atoms with Gasteiger partial charge in [-0.3, -0.25) is 9.59 Å². The number of carboxylic acid groups (broad SMARTS) is 1. The van der Waals surface area contributed by atoms with Gasteiger partial charge in [-0.1, -0.05) is 24.3 Å². The van der Waals surface area contributed by atoms with Crippen LogP contribution in [-0.4, -0.2) is 37.3 Å². The summed E-state index contributed by atoms with van der Waals surface area (Å²) in [4.78, 5) is 35.6. The molecule has 3 N–H and O–H groups in total. The van der Waals surface area contributed by atoms with Crippen molar-refractivity contribution >= 4 is 18.0 Å². The molecule has 2 atom stereocenters. The van der Waals surface area contributed by atoms with Gasteiger partial charge in [0.15, 0.2) is 0 Å². The molecule has 8 nitrogen and oxygen atoms in total. The number of carbonyl (C=O) groups excluding carboxylic acids is 2. The molecular weight excluding hydrogens is 395 g/mol. The van der Waals surface area contributed by atoms with Crippen LogP contribution in [0.3, 0.4) is 0 Å². The van der Waals surface area contributed by atoms with Crippen LogP contribution in [-0.2, 0) is 14.3 Å². The standard InChI is InChI=1S/C21H23FN2O6/c1-29-16-5-3-4-14(10-16)17(24-21(28)30-2)11-19(25)23-18(12-20(26)27)13-6-8-15(22)9-7-13/h3-10,17-18H,11-12H2,1-2H3,(H,23,25)(H,24,28)(H,26,27). The maximum Gasteiger partial charge on any atom is 0.407 e. The topological polar surface area (TPSA) is 114 Å². The van der Waals surface area contributed by atoms with Crippen LogP contribution in [0.1, 0.15) is 36.1 Å². The molecule has 30 heavy (non-hydrogen) atoms. The highest BCUT2D eigenvalue weighted by Crippen LogP contribution is 2.23. The summed E-state index contributed by atoms with van der Waals surface area (Å²) in [5.74, 6) is -1.56. The molecule has 0 heterocycles. The fourth-order valence-electron chi connectivity index (χ4n) is 2.87. The molecule has 2 rings (SSSR count). The number of carboxylic acids is 1. The molecule has 0 bridgehead atoms. The van der Waals surface area contributed by atoms with Crippen LogP contribution < -0.4 is 15.4 Å². The van der Waals surface area contributed by atoms with E-state index in [1.807, 2.05) is 0 Å². The molecule has 0 aromatic heterocycles. The van der Waals surface area contributed by atoms with Crippen molar-refractivity contribution in [2.75, 3.05) is 14.2 Å². The predicted octanol–water partition coefficient (Wildman–Crippen LogP) is 2.95. The Balaban J connectivity index is 2.20. The molecule has 0 spiro atoms. The number of hydrogen-bond donors (Lipinski definition) is 3. The third kappa shape index (κ3) is 6.77. The lowest BCUT2D eigenvalue weighted by Gasteiger charge is -2.22. The molecule has 2 unspecified atom stereocenters. The highest BCUT2D eigenvalue weighted by atomic mass is 19.1. The van der Waals surface area contributed by atoms with Crippen LogP contribution in [0.5, 0.6) is 5.75 Å². The Morgan fingerprint density at radius 2 is 1.63 bits per heavy atom. The van der Waals surface area contributed by atoms with Crippen molar-refractivity contribution in [1.29, 1.82) is 0 Å². The summed E-state index contributed by atoms with van der Waals surface area (Å²) in [5, 5.41) is 14.4. The van der Waals surface area contributed by atoms with Gasteiger partial charge < -0.3 is 25.2 Å². The summed E-state index contributed by atoms with van der Waals surface area (Å²) in [5.41, 5.74) is 1.05. The minimum atomic E-state index is -1.12. The summed E-state index contributed by atoms with van der Waals surface area (Å²) in [7, 11) is 2.70. The third-order valence-electron chi connectivity index (χ3n) is 4.35. The summed E-state index contributed by atoms with van der Waals surface area (Å²) in [6.07, 6.45) is -1.29. The zero-order valence-electron chi connectivity index (χ0n) is 16.6. The summed E-state index contributed by atoms with van der Waals surface area (Å²) in [6, 6.07) is 10.4. The first-order valence-corrected chi connectivity index (χ1v) is 9.07. The molecule has 160 valence electrons. The number of alkyl carbamates (subject to hydrolysis) is 1. The number of hydrogen-bond acceptors (Lipinski definition) is 5. The predicted molar refractivity (Wildman–Crippen MR) is 105 cm³/mol. The Kier molecular flexibility index (Phi) is 8.16. The van der Waals surface area contributed by atoms with Crippen molar-refractivity contribution in [1.82, 2.24) is 10.6 Å². The van der Waals surface area contributed by atoms with Crippen molar-refractivity contribution in [3.8, 4) is 5.75 Å². The Morgan fingerprint density at radius 1 is 0.967 bits per heavy atom. The highest BCUT2D eigenvalue weighted by Gasteiger charge is 2.23. The SMILES string of the molecule is COC(=O)NC(CC(=O)NC(CC(=O)O)c1ccc(F)cc1)c1cccc(OC)c1. The minimum Gasteiger partial charge on any atom is -0.497 e. The van der Waals surface area contributed by atoms with Crippen LogP contribution in [0.2, 0.25) is 0 Å². The van der Waals surface area contributed by atoms with E-state index in [1.54, 1.807) is 24.3 Å². The number of nitrogens with one attached hydrogen (secondary N) is 2. The summed E-state index contributed by atoms with van der Waals surface area (Å²) in [6.45, 7) is 0. The van der Waals surface area contributed by atoms with Crippen LogP contribution in [0.4, 0.5) is 9.18 Å². The zero-order valence-corrected chi connectivity index (χ0v) is 16.6. The maximum absolute atomic E-state index is 13.2. The number of rotatable bonds is 9. The fourth-order valence-corrected chi connectivity index (χ4v) is 2.87. The van der Waals surface area contributed by atoms with E-state index in [0.29, 0.717) is 16.9 Å². The lowest BCUT2D eigenvalue weighted by atomic mass is 10.0. The van der Waals surface area contributed by atoms with E-state index >= 15 is 0 Å². The largest absolute Gasteiger partial charge is 0.497 e. The average molecular weight is 418 g/mol. The van der Waals surface area contributed by atoms with Crippen LogP contribution in [0.25, 0.3) is 0 Å². The number of halogens is 1. The molecule has 0 aliphatic heterocycles. The molecular formula is C21H23FN2O6. The van der Waals surface area contributed by atoms with Crippen molar-refractivity contribution < 1.29 is 33.4 Å². The van der Waals surface area contributed by atoms with Gasteiger partial charge in [0.2, 0.25) is 5.91 Å². The van der Waals surface area contributed by atoms with Gasteiger partial charge in [-0.15, -0.1) is 0 Å². The quantitative estimate of drug-likeness (QED) is 0.577. The number of amides is 2. The molecule has 0 aliphatic carbocycles. The van der Waals surface area contributed by atoms with Crippen LogP contribution >= 0.6 is 0 Å². The monoisotopic (exact) mass is 418 g/mol. The number of carbonyl (C=O) groups is 3. The van der Waals surface area contributed by atoms with Gasteiger partial charge >= 0.3 is 12.1 Å². The Labute approximate surface area is 173 Å². The second-order valence-electron chi connectivity index (χ2n) is 6.44. The average Bonchev–Trinajstić information content (AvgIpc) is 2.73. The number of benzene rings is 2. The Bertz CT molecular complexity index is 887. The first kappa shape index (κ1) is 22.7. The van der Waals surface area contributed by atoms with Crippen molar-refractivity contribution in [2.24, 2.45) is 0 Å². The smallest absolute Gasteiger partial charge is 0.407 e. The van der Waals surface area contributed by atoms with E-state index in [1.165, 1.54) is 38.5 Å². The highest BCUT2D eigenvalue weighted by molar-refractivity contribution is 5.79. The lowest BCUT2D eigenvalue weighted by molar-refractivity contribution is -0.137. The van der Waals surface area contributed by atoms with Crippen molar-refractivity contribution in [3.05, 3.63) is 65.5 Å². The zero-order chi connectivity index (χ0) is 22.1. The second-order valence-corrected chi connectivity index (χ2v) is 6.44. The number of methoxy groups -OCH3 is 2. The van der Waals surface area contributed by atoms with E-state index < -0.39 is 35.9 Å².